The Balaban J connectivity index is 1.09. The van der Waals surface area contributed by atoms with Crippen molar-refractivity contribution in [2.45, 2.75) is 0 Å². The van der Waals surface area contributed by atoms with E-state index in [9.17, 15) is 0 Å². The van der Waals surface area contributed by atoms with E-state index in [1.165, 1.54) is 10.9 Å². The van der Waals surface area contributed by atoms with Crippen LogP contribution < -0.4 is 35.7 Å². The summed E-state index contributed by atoms with van der Waals surface area (Å²) in [5.74, 6) is 3.48. The molecule has 220 valence electrons. The second-order valence-electron chi connectivity index (χ2n) is 12.1. The topological polar surface area (TPSA) is 24.9 Å². The number of anilines is 6. The normalized spacial score (nSPS) is 12.9. The third kappa shape index (κ3) is 3.96. The molecule has 0 aliphatic carbocycles. The summed E-state index contributed by atoms with van der Waals surface area (Å²) in [7, 11) is 0. The van der Waals surface area contributed by atoms with Crippen molar-refractivity contribution >= 4 is 57.2 Å². The molecule has 0 unspecified atom stereocenters. The predicted molar refractivity (Wildman–Crippen MR) is 192 cm³/mol. The summed E-state index contributed by atoms with van der Waals surface area (Å²) in [5.41, 5.74) is 12.3. The molecule has 10 rings (SSSR count). The van der Waals surface area contributed by atoms with Crippen LogP contribution in [-0.4, -0.2) is 6.71 Å². The van der Waals surface area contributed by atoms with Gasteiger partial charge >= 0.3 is 0 Å². The SMILES string of the molecule is c1ccc(N(c2ccccc2)c2ccc(-c3cc4c5c(c3)Oc3cccc6c3B5c3c(cccc3N6c3ccccc3)O4)cc2)cc1. The van der Waals surface area contributed by atoms with E-state index in [1.54, 1.807) is 0 Å². The maximum atomic E-state index is 6.76. The first-order valence-corrected chi connectivity index (χ1v) is 16.0. The number of benzene rings is 7. The van der Waals surface area contributed by atoms with E-state index in [1.807, 2.05) is 12.1 Å². The molecule has 0 radical (unpaired) electrons. The highest BCUT2D eigenvalue weighted by Gasteiger charge is 2.47. The fourth-order valence-corrected chi connectivity index (χ4v) is 7.49. The van der Waals surface area contributed by atoms with E-state index in [4.69, 9.17) is 9.47 Å². The largest absolute Gasteiger partial charge is 0.458 e. The molecule has 3 aliphatic heterocycles. The lowest BCUT2D eigenvalue weighted by Crippen LogP contribution is -2.61. The van der Waals surface area contributed by atoms with Crippen LogP contribution in [0.15, 0.2) is 164 Å². The molecule has 0 bridgehead atoms. The first-order chi connectivity index (χ1) is 23.3. The Morgan fingerprint density at radius 2 is 0.894 bits per heavy atom. The van der Waals surface area contributed by atoms with Gasteiger partial charge in [-0.3, -0.25) is 0 Å². The zero-order chi connectivity index (χ0) is 30.9. The van der Waals surface area contributed by atoms with E-state index in [2.05, 4.69) is 161 Å². The second-order valence-corrected chi connectivity index (χ2v) is 12.1. The van der Waals surface area contributed by atoms with E-state index < -0.39 is 0 Å². The highest BCUT2D eigenvalue weighted by molar-refractivity contribution is 7.00. The molecular formula is C42H27BN2O2. The number of rotatable bonds is 5. The zero-order valence-corrected chi connectivity index (χ0v) is 25.4. The average molecular weight is 603 g/mol. The van der Waals surface area contributed by atoms with Crippen LogP contribution in [0.25, 0.3) is 11.1 Å². The van der Waals surface area contributed by atoms with Gasteiger partial charge in [-0.05, 0) is 107 Å². The summed E-state index contributed by atoms with van der Waals surface area (Å²) in [4.78, 5) is 4.61. The second kappa shape index (κ2) is 10.2. The van der Waals surface area contributed by atoms with E-state index in [0.717, 1.165) is 73.7 Å². The van der Waals surface area contributed by atoms with Gasteiger partial charge < -0.3 is 19.3 Å². The van der Waals surface area contributed by atoms with E-state index >= 15 is 0 Å². The summed E-state index contributed by atoms with van der Waals surface area (Å²) in [6.07, 6.45) is 0. The Bertz CT molecular complexity index is 2190. The lowest BCUT2D eigenvalue weighted by molar-refractivity contribution is 0.464. The van der Waals surface area contributed by atoms with Gasteiger partial charge in [-0.15, -0.1) is 0 Å². The maximum Gasteiger partial charge on any atom is 0.266 e. The van der Waals surface area contributed by atoms with Crippen molar-refractivity contribution in [1.29, 1.82) is 0 Å². The molecule has 0 saturated heterocycles. The van der Waals surface area contributed by atoms with Gasteiger partial charge in [0.25, 0.3) is 6.71 Å². The fraction of sp³-hybridized carbons (Fsp3) is 0. The third-order valence-corrected chi connectivity index (χ3v) is 9.48. The lowest BCUT2D eigenvalue weighted by atomic mass is 9.33. The molecule has 47 heavy (non-hydrogen) atoms. The first-order valence-electron chi connectivity index (χ1n) is 16.0. The van der Waals surface area contributed by atoms with E-state index in [0.29, 0.717) is 0 Å². The van der Waals surface area contributed by atoms with Crippen molar-refractivity contribution in [2.24, 2.45) is 0 Å². The smallest absolute Gasteiger partial charge is 0.266 e. The predicted octanol–water partition coefficient (Wildman–Crippen LogP) is 9.33. The molecule has 0 amide bonds. The van der Waals surface area contributed by atoms with Crippen LogP contribution in [0.3, 0.4) is 0 Å². The van der Waals surface area contributed by atoms with Crippen molar-refractivity contribution < 1.29 is 9.47 Å². The van der Waals surface area contributed by atoms with Crippen LogP contribution in [0.1, 0.15) is 0 Å². The summed E-state index contributed by atoms with van der Waals surface area (Å²) >= 11 is 0. The van der Waals surface area contributed by atoms with Gasteiger partial charge in [0.05, 0.1) is 0 Å². The minimum atomic E-state index is 0.0293. The van der Waals surface area contributed by atoms with Crippen molar-refractivity contribution in [3.8, 4) is 34.1 Å². The Hall–Kier alpha value is -6.20. The maximum absolute atomic E-state index is 6.76. The van der Waals surface area contributed by atoms with Crippen molar-refractivity contribution in [2.75, 3.05) is 9.80 Å². The van der Waals surface area contributed by atoms with Crippen molar-refractivity contribution in [1.82, 2.24) is 0 Å². The molecular weight excluding hydrogens is 575 g/mol. The Kier molecular flexibility index (Phi) is 5.63. The Morgan fingerprint density at radius 3 is 1.43 bits per heavy atom. The Labute approximate surface area is 273 Å². The summed E-state index contributed by atoms with van der Waals surface area (Å²) in [6, 6.07) is 57.4. The Morgan fingerprint density at radius 1 is 0.404 bits per heavy atom. The number of hydrogen-bond donors (Lipinski definition) is 0. The monoisotopic (exact) mass is 602 g/mol. The summed E-state index contributed by atoms with van der Waals surface area (Å²) in [6.45, 7) is 0.0293. The van der Waals surface area contributed by atoms with Gasteiger partial charge in [-0.1, -0.05) is 78.9 Å². The van der Waals surface area contributed by atoms with E-state index in [-0.39, 0.29) is 6.71 Å². The highest BCUT2D eigenvalue weighted by Crippen LogP contribution is 2.46. The molecule has 0 saturated carbocycles. The van der Waals surface area contributed by atoms with Crippen LogP contribution in [-0.2, 0) is 0 Å². The molecule has 3 aliphatic rings. The molecule has 0 N–H and O–H groups in total. The number of ether oxygens (including phenoxy) is 2. The van der Waals surface area contributed by atoms with Crippen molar-refractivity contribution in [3.63, 3.8) is 0 Å². The van der Waals surface area contributed by atoms with Gasteiger partial charge in [-0.2, -0.15) is 0 Å². The van der Waals surface area contributed by atoms with Gasteiger partial charge in [0, 0.05) is 39.6 Å². The number of para-hydroxylation sites is 3. The quantitative estimate of drug-likeness (QED) is 0.183. The van der Waals surface area contributed by atoms with Crippen LogP contribution in [0.4, 0.5) is 34.1 Å². The molecule has 7 aromatic carbocycles. The van der Waals surface area contributed by atoms with Crippen LogP contribution in [0.2, 0.25) is 0 Å². The summed E-state index contributed by atoms with van der Waals surface area (Å²) < 4.78 is 13.5. The lowest BCUT2D eigenvalue weighted by Gasteiger charge is -2.42. The molecule has 7 aromatic rings. The van der Waals surface area contributed by atoms with Gasteiger partial charge in [0.15, 0.2) is 0 Å². The summed E-state index contributed by atoms with van der Waals surface area (Å²) in [5, 5.41) is 0. The zero-order valence-electron chi connectivity index (χ0n) is 25.4. The molecule has 0 fully saturated rings. The van der Waals surface area contributed by atoms with Crippen LogP contribution in [0, 0.1) is 0 Å². The number of hydrogen-bond acceptors (Lipinski definition) is 4. The highest BCUT2D eigenvalue weighted by atomic mass is 16.5. The standard InChI is InChI=1S/C42H27BN2O2/c1-4-12-30(13-5-1)44(31-14-6-2-7-15-31)33-24-22-28(23-25-33)29-26-38-42-39(27-29)47-37-21-11-19-35-41(37)43(42)40-34(18-10-20-36(40)46-38)45(35)32-16-8-3-9-17-32/h1-27H. The average Bonchev–Trinajstić information content (AvgIpc) is 3.13. The third-order valence-electron chi connectivity index (χ3n) is 9.48. The molecule has 0 atom stereocenters. The molecule has 4 nitrogen and oxygen atoms in total. The van der Waals surface area contributed by atoms with Crippen molar-refractivity contribution in [3.05, 3.63) is 164 Å². The molecule has 5 heteroatoms. The van der Waals surface area contributed by atoms with Crippen LogP contribution in [0.5, 0.6) is 23.0 Å². The molecule has 3 heterocycles. The van der Waals surface area contributed by atoms with Gasteiger partial charge in [-0.25, -0.2) is 0 Å². The molecule has 0 spiro atoms. The minimum absolute atomic E-state index is 0.0293. The van der Waals surface area contributed by atoms with Gasteiger partial charge in [0.2, 0.25) is 0 Å². The minimum Gasteiger partial charge on any atom is -0.458 e. The number of nitrogens with zero attached hydrogens (tertiary/aromatic N) is 2. The van der Waals surface area contributed by atoms with Gasteiger partial charge in [0.1, 0.15) is 23.0 Å². The first kappa shape index (κ1) is 26.1. The van der Waals surface area contributed by atoms with Crippen LogP contribution >= 0.6 is 0 Å². The fourth-order valence-electron chi connectivity index (χ4n) is 7.49. The molecule has 0 aromatic heterocycles.